The van der Waals surface area contributed by atoms with Crippen LogP contribution in [0.2, 0.25) is 0 Å². The molecule has 2 aliphatic carbocycles. The molecule has 2 unspecified atom stereocenters. The van der Waals surface area contributed by atoms with Gasteiger partial charge in [0, 0.05) is 66.8 Å². The molecule has 0 radical (unpaired) electrons. The summed E-state index contributed by atoms with van der Waals surface area (Å²) in [5.41, 5.74) is 3.05. The fourth-order valence-corrected chi connectivity index (χ4v) is 10.1. The van der Waals surface area contributed by atoms with Gasteiger partial charge in [-0.1, -0.05) is 108 Å². The third-order valence-electron chi connectivity index (χ3n) is 14.7. The first-order valence-corrected chi connectivity index (χ1v) is 26.1. The maximum absolute atomic E-state index is 13.6. The van der Waals surface area contributed by atoms with Gasteiger partial charge in [-0.15, -0.1) is 13.2 Å². The van der Waals surface area contributed by atoms with E-state index < -0.39 is 0 Å². The van der Waals surface area contributed by atoms with E-state index in [1.807, 2.05) is 91.8 Å². The normalized spacial score (nSPS) is 16.1. The predicted molar refractivity (Wildman–Crippen MR) is 289 cm³/mol. The van der Waals surface area contributed by atoms with Gasteiger partial charge in [0.2, 0.25) is 11.1 Å². The summed E-state index contributed by atoms with van der Waals surface area (Å²) < 4.78 is 3.42. The van der Waals surface area contributed by atoms with Gasteiger partial charge in [-0.25, -0.2) is 0 Å². The smallest absolute Gasteiger partial charge is 0.255 e. The number of pyridine rings is 2. The Morgan fingerprint density at radius 1 is 0.721 bits per heavy atom. The number of aromatic nitrogens is 2. The summed E-state index contributed by atoms with van der Waals surface area (Å²) in [6.45, 7) is 29.6. The van der Waals surface area contributed by atoms with Crippen molar-refractivity contribution in [3.8, 4) is 0 Å². The number of aryl methyl sites for hydroxylation is 2. The molecule has 376 valence electrons. The van der Waals surface area contributed by atoms with Crippen molar-refractivity contribution in [2.45, 2.75) is 188 Å². The minimum atomic E-state index is -0.340. The molecule has 4 aromatic rings. The predicted octanol–water partition coefficient (Wildman–Crippen LogP) is 13.0. The third kappa shape index (κ3) is 16.4. The highest BCUT2D eigenvalue weighted by molar-refractivity contribution is 6.63. The van der Waals surface area contributed by atoms with Crippen molar-refractivity contribution in [2.75, 3.05) is 6.54 Å². The molecule has 0 aliphatic heterocycles. The molecule has 2 aromatic carbocycles. The largest absolute Gasteiger partial charge is 0.332 e. The standard InChI is InChI=1S/C25H34N2O2.C18H24N2O.C8H19N.C7H11ClO/c1-5-16-25(3,6-2)27(24(29)19-12-8-7-9-13-19)18-21-17-20-14-10-11-15-22(20)26(4)23(21)28;1-5-11-18(3,6-2)19-13-15-12-14-9-7-8-10-16(14)20(4)17(15)21;1-6-9(7(2)3)8(4)5;8-7(9)6-4-2-1-3-5-6/h5,10-11,14-15,17,19H,1,6-9,12-13,16,18H2,2-4H3;5,7-10,12,19H,1,6,11,13H2,2-4H3;7-8H,6H2,1-5H3;6H,1-5H2. The monoisotopic (exact) mass is 954 g/mol. The zero-order chi connectivity index (χ0) is 50.6. The Morgan fingerprint density at radius 3 is 1.57 bits per heavy atom. The van der Waals surface area contributed by atoms with E-state index in [1.165, 1.54) is 25.7 Å². The zero-order valence-corrected chi connectivity index (χ0v) is 44.7. The van der Waals surface area contributed by atoms with Crippen LogP contribution in [0.15, 0.2) is 95.6 Å². The minimum Gasteiger partial charge on any atom is -0.332 e. The fourth-order valence-electron chi connectivity index (χ4n) is 9.87. The number of para-hydroxylation sites is 2. The van der Waals surface area contributed by atoms with Crippen LogP contribution in [-0.2, 0) is 36.8 Å². The van der Waals surface area contributed by atoms with Gasteiger partial charge in [-0.2, -0.15) is 0 Å². The number of hydrogen-bond donors (Lipinski definition) is 1. The highest BCUT2D eigenvalue weighted by Crippen LogP contribution is 2.33. The van der Waals surface area contributed by atoms with Crippen molar-refractivity contribution < 1.29 is 9.59 Å². The van der Waals surface area contributed by atoms with Crippen LogP contribution in [-0.4, -0.2) is 59.8 Å². The Labute approximate surface area is 415 Å². The summed E-state index contributed by atoms with van der Waals surface area (Å²) in [5, 5.41) is 5.50. The number of halogens is 1. The van der Waals surface area contributed by atoms with Gasteiger partial charge >= 0.3 is 0 Å². The Balaban J connectivity index is 0.000000271. The Bertz CT molecular complexity index is 2330. The van der Waals surface area contributed by atoms with Crippen LogP contribution < -0.4 is 16.4 Å². The van der Waals surface area contributed by atoms with Crippen molar-refractivity contribution in [1.82, 2.24) is 24.3 Å². The van der Waals surface area contributed by atoms with Crippen LogP contribution in [0.4, 0.5) is 0 Å². The fraction of sp³-hybridized carbons (Fsp3) is 0.586. The van der Waals surface area contributed by atoms with Crippen LogP contribution in [0.1, 0.15) is 163 Å². The second-order valence-corrected chi connectivity index (χ2v) is 20.6. The number of nitrogens with one attached hydrogen (secondary N) is 1. The molecular formula is C58H88ClN5O4. The molecule has 1 N–H and O–H groups in total. The first-order chi connectivity index (χ1) is 32.3. The average Bonchev–Trinajstić information content (AvgIpc) is 3.34. The van der Waals surface area contributed by atoms with Crippen LogP contribution in [0.5, 0.6) is 0 Å². The Morgan fingerprint density at radius 2 is 1.18 bits per heavy atom. The maximum atomic E-state index is 13.6. The van der Waals surface area contributed by atoms with Crippen molar-refractivity contribution in [1.29, 1.82) is 0 Å². The van der Waals surface area contributed by atoms with Crippen molar-refractivity contribution >= 4 is 44.6 Å². The van der Waals surface area contributed by atoms with Crippen LogP contribution in [0.3, 0.4) is 0 Å². The number of fused-ring (bicyclic) bond motifs is 2. The lowest BCUT2D eigenvalue weighted by molar-refractivity contribution is -0.143. The molecule has 1 amide bonds. The lowest BCUT2D eigenvalue weighted by atomic mass is 9.85. The van der Waals surface area contributed by atoms with Crippen LogP contribution in [0, 0.1) is 11.8 Å². The number of carbonyl (C=O) groups excluding carboxylic acids is 2. The molecule has 68 heavy (non-hydrogen) atoms. The van der Waals surface area contributed by atoms with E-state index in [4.69, 9.17) is 11.6 Å². The van der Waals surface area contributed by atoms with Gasteiger partial charge < -0.3 is 19.4 Å². The number of carbonyl (C=O) groups is 2. The van der Waals surface area contributed by atoms with Gasteiger partial charge in [0.1, 0.15) is 0 Å². The highest BCUT2D eigenvalue weighted by atomic mass is 35.5. The summed E-state index contributed by atoms with van der Waals surface area (Å²) >= 11 is 5.32. The summed E-state index contributed by atoms with van der Waals surface area (Å²) in [5.74, 6) is 0.454. The molecule has 6 rings (SSSR count). The summed E-state index contributed by atoms with van der Waals surface area (Å²) in [6, 6.07) is 21.2. The number of rotatable bonds is 17. The van der Waals surface area contributed by atoms with E-state index in [-0.39, 0.29) is 45.2 Å². The number of hydrogen-bond acceptors (Lipinski definition) is 6. The Kier molecular flexibility index (Phi) is 24.2. The maximum Gasteiger partial charge on any atom is 0.255 e. The molecule has 2 atom stereocenters. The van der Waals surface area contributed by atoms with Gasteiger partial charge in [-0.3, -0.25) is 24.1 Å². The zero-order valence-electron chi connectivity index (χ0n) is 44.0. The molecule has 2 heterocycles. The van der Waals surface area contributed by atoms with Crippen molar-refractivity contribution in [3.05, 3.63) is 118 Å². The number of benzene rings is 2. The summed E-state index contributed by atoms with van der Waals surface area (Å²) in [4.78, 5) is 54.2. The molecule has 2 aromatic heterocycles. The highest BCUT2D eigenvalue weighted by Gasteiger charge is 2.37. The molecular weight excluding hydrogens is 866 g/mol. The second-order valence-electron chi connectivity index (χ2n) is 20.2. The van der Waals surface area contributed by atoms with E-state index in [2.05, 4.69) is 85.7 Å². The molecule has 10 heteroatoms. The SMILES string of the molecule is C=CCC(C)(CC)N(Cc1cc2ccccc2n(C)c1=O)C(=O)C1CCCCC1.C=CCC(C)(CC)NCc1cc2ccccc2n(C)c1=O.CCN(C(C)C)C(C)C.O=C(Cl)C1CCCCC1. The molecule has 0 spiro atoms. The average molecular weight is 955 g/mol. The van der Waals surface area contributed by atoms with Crippen molar-refractivity contribution in [3.63, 3.8) is 0 Å². The molecule has 0 bridgehead atoms. The molecule has 9 nitrogen and oxygen atoms in total. The van der Waals surface area contributed by atoms with E-state index >= 15 is 0 Å². The van der Waals surface area contributed by atoms with Gasteiger partial charge in [0.15, 0.2) is 0 Å². The van der Waals surface area contributed by atoms with Crippen LogP contribution in [0.25, 0.3) is 21.8 Å². The van der Waals surface area contributed by atoms with E-state index in [1.54, 1.807) is 9.13 Å². The molecule has 2 fully saturated rings. The lowest BCUT2D eigenvalue weighted by Crippen LogP contribution is -2.51. The van der Waals surface area contributed by atoms with Gasteiger partial charge in [0.05, 0.1) is 17.6 Å². The van der Waals surface area contributed by atoms with E-state index in [0.29, 0.717) is 30.7 Å². The first-order valence-electron chi connectivity index (χ1n) is 25.7. The molecule has 2 saturated carbocycles. The molecule has 2 aliphatic rings. The quantitative estimate of drug-likeness (QED) is 0.0836. The number of nitrogens with zero attached hydrogens (tertiary/aromatic N) is 4. The van der Waals surface area contributed by atoms with Gasteiger partial charge in [0.25, 0.3) is 11.1 Å². The lowest BCUT2D eigenvalue weighted by Gasteiger charge is -2.43. The topological polar surface area (TPSA) is 96.7 Å². The summed E-state index contributed by atoms with van der Waals surface area (Å²) in [7, 11) is 3.64. The first kappa shape index (κ1) is 58.0. The number of amides is 1. The van der Waals surface area contributed by atoms with E-state index in [0.717, 1.165) is 98.1 Å². The van der Waals surface area contributed by atoms with Crippen molar-refractivity contribution in [2.24, 2.45) is 25.9 Å². The van der Waals surface area contributed by atoms with E-state index in [9.17, 15) is 19.2 Å². The Hall–Kier alpha value is -4.31. The van der Waals surface area contributed by atoms with Crippen LogP contribution >= 0.6 is 11.6 Å². The summed E-state index contributed by atoms with van der Waals surface area (Å²) in [6.07, 6.45) is 18.3. The molecule has 0 saturated heterocycles. The minimum absolute atomic E-state index is 0.0155. The van der Waals surface area contributed by atoms with Gasteiger partial charge in [-0.05, 0) is 146 Å². The third-order valence-corrected chi connectivity index (χ3v) is 15.0. The second kappa shape index (κ2) is 28.4.